The maximum absolute atomic E-state index is 4.41. The fourth-order valence-corrected chi connectivity index (χ4v) is 3.06. The van der Waals surface area contributed by atoms with Crippen LogP contribution < -0.4 is 9.80 Å². The SMILES string of the molecule is Cc1cc(N2CCN(c3cc(C)nc4ncnn34)CC2)ccn1. The summed E-state index contributed by atoms with van der Waals surface area (Å²) in [6, 6.07) is 6.30. The number of fused-ring (bicyclic) bond motifs is 1. The van der Waals surface area contributed by atoms with Crippen molar-refractivity contribution in [2.45, 2.75) is 13.8 Å². The zero-order valence-electron chi connectivity index (χ0n) is 13.3. The number of hydrogen-bond donors (Lipinski definition) is 0. The van der Waals surface area contributed by atoms with Crippen molar-refractivity contribution in [2.24, 2.45) is 0 Å². The van der Waals surface area contributed by atoms with E-state index in [-0.39, 0.29) is 0 Å². The summed E-state index contributed by atoms with van der Waals surface area (Å²) in [6.07, 6.45) is 3.43. The van der Waals surface area contributed by atoms with Gasteiger partial charge in [-0.1, -0.05) is 0 Å². The van der Waals surface area contributed by atoms with Gasteiger partial charge >= 0.3 is 0 Å². The highest BCUT2D eigenvalue weighted by molar-refractivity contribution is 5.51. The maximum Gasteiger partial charge on any atom is 0.254 e. The second kappa shape index (κ2) is 5.49. The number of rotatable bonds is 2. The van der Waals surface area contributed by atoms with E-state index in [2.05, 4.69) is 48.0 Å². The summed E-state index contributed by atoms with van der Waals surface area (Å²) in [5.41, 5.74) is 3.26. The van der Waals surface area contributed by atoms with Gasteiger partial charge in [-0.3, -0.25) is 4.98 Å². The molecule has 0 aliphatic carbocycles. The molecular weight excluding hydrogens is 290 g/mol. The molecule has 4 rings (SSSR count). The molecule has 1 fully saturated rings. The van der Waals surface area contributed by atoms with E-state index in [0.717, 1.165) is 43.4 Å². The van der Waals surface area contributed by atoms with Gasteiger partial charge < -0.3 is 9.80 Å². The summed E-state index contributed by atoms with van der Waals surface area (Å²) in [7, 11) is 0. The molecule has 0 atom stereocenters. The largest absolute Gasteiger partial charge is 0.368 e. The number of nitrogens with zero attached hydrogens (tertiary/aromatic N) is 7. The van der Waals surface area contributed by atoms with Crippen molar-refractivity contribution < 1.29 is 0 Å². The van der Waals surface area contributed by atoms with Gasteiger partial charge in [-0.2, -0.15) is 14.6 Å². The minimum Gasteiger partial charge on any atom is -0.368 e. The minimum atomic E-state index is 0.659. The smallest absolute Gasteiger partial charge is 0.254 e. The molecule has 0 spiro atoms. The van der Waals surface area contributed by atoms with E-state index in [0.29, 0.717) is 5.78 Å². The first kappa shape index (κ1) is 13.9. The molecule has 7 nitrogen and oxygen atoms in total. The lowest BCUT2D eigenvalue weighted by atomic mass is 10.2. The topological polar surface area (TPSA) is 62.5 Å². The van der Waals surface area contributed by atoms with Gasteiger partial charge in [-0.15, -0.1) is 0 Å². The van der Waals surface area contributed by atoms with E-state index in [4.69, 9.17) is 0 Å². The highest BCUT2D eigenvalue weighted by Crippen LogP contribution is 2.21. The molecule has 4 heterocycles. The van der Waals surface area contributed by atoms with Crippen molar-refractivity contribution in [1.29, 1.82) is 0 Å². The average Bonchev–Trinajstić information content (AvgIpc) is 3.02. The van der Waals surface area contributed by atoms with E-state index < -0.39 is 0 Å². The zero-order valence-corrected chi connectivity index (χ0v) is 13.3. The van der Waals surface area contributed by atoms with Crippen LogP contribution in [-0.4, -0.2) is 50.7 Å². The van der Waals surface area contributed by atoms with Gasteiger partial charge in [0.25, 0.3) is 5.78 Å². The fraction of sp³-hybridized carbons (Fsp3) is 0.375. The first-order chi connectivity index (χ1) is 11.2. The van der Waals surface area contributed by atoms with Crippen LogP contribution in [0.25, 0.3) is 5.78 Å². The number of piperazine rings is 1. The van der Waals surface area contributed by atoms with Crippen LogP contribution in [0.15, 0.2) is 30.7 Å². The van der Waals surface area contributed by atoms with Gasteiger partial charge in [0.2, 0.25) is 0 Å². The molecule has 118 valence electrons. The van der Waals surface area contributed by atoms with E-state index in [1.165, 1.54) is 5.69 Å². The number of aryl methyl sites for hydroxylation is 2. The Morgan fingerprint density at radius 1 is 0.913 bits per heavy atom. The van der Waals surface area contributed by atoms with Gasteiger partial charge in [-0.05, 0) is 26.0 Å². The summed E-state index contributed by atoms with van der Waals surface area (Å²) < 4.78 is 1.82. The molecule has 3 aromatic heterocycles. The monoisotopic (exact) mass is 309 g/mol. The molecule has 0 amide bonds. The Balaban J connectivity index is 1.56. The van der Waals surface area contributed by atoms with Crippen molar-refractivity contribution in [3.8, 4) is 0 Å². The summed E-state index contributed by atoms with van der Waals surface area (Å²) >= 11 is 0. The predicted octanol–water partition coefficient (Wildman–Crippen LogP) is 1.46. The van der Waals surface area contributed by atoms with Crippen LogP contribution in [0.1, 0.15) is 11.4 Å². The van der Waals surface area contributed by atoms with Crippen molar-refractivity contribution >= 4 is 17.3 Å². The van der Waals surface area contributed by atoms with Crippen molar-refractivity contribution in [1.82, 2.24) is 24.6 Å². The third-order valence-electron chi connectivity index (χ3n) is 4.21. The van der Waals surface area contributed by atoms with Crippen molar-refractivity contribution in [3.05, 3.63) is 42.1 Å². The lowest BCUT2D eigenvalue weighted by Gasteiger charge is -2.37. The van der Waals surface area contributed by atoms with Crippen LogP contribution in [0.5, 0.6) is 0 Å². The standard InChI is InChI=1S/C16H19N7/c1-12-9-14(3-4-17-12)21-5-7-22(8-6-21)15-10-13(2)20-16-18-11-19-23(15)16/h3-4,9-11H,5-8H2,1-2H3. The first-order valence-electron chi connectivity index (χ1n) is 7.81. The minimum absolute atomic E-state index is 0.659. The fourth-order valence-electron chi connectivity index (χ4n) is 3.06. The Kier molecular flexibility index (Phi) is 3.33. The Labute approximate surface area is 134 Å². The zero-order chi connectivity index (χ0) is 15.8. The van der Waals surface area contributed by atoms with Crippen LogP contribution in [0.4, 0.5) is 11.5 Å². The summed E-state index contributed by atoms with van der Waals surface area (Å²) in [6.45, 7) is 7.86. The lowest BCUT2D eigenvalue weighted by Crippen LogP contribution is -2.47. The Morgan fingerprint density at radius 3 is 2.48 bits per heavy atom. The Hall–Kier alpha value is -2.70. The Bertz CT molecular complexity index is 833. The van der Waals surface area contributed by atoms with Gasteiger partial charge in [0.15, 0.2) is 0 Å². The summed E-state index contributed by atoms with van der Waals surface area (Å²) in [4.78, 5) is 17.6. The van der Waals surface area contributed by atoms with Crippen LogP contribution in [0.2, 0.25) is 0 Å². The van der Waals surface area contributed by atoms with Crippen LogP contribution in [0, 0.1) is 13.8 Å². The Morgan fingerprint density at radius 2 is 1.70 bits per heavy atom. The van der Waals surface area contributed by atoms with Gasteiger partial charge in [0.1, 0.15) is 12.1 Å². The third-order valence-corrected chi connectivity index (χ3v) is 4.21. The van der Waals surface area contributed by atoms with E-state index in [9.17, 15) is 0 Å². The normalized spacial score (nSPS) is 15.4. The second-order valence-electron chi connectivity index (χ2n) is 5.86. The predicted molar refractivity (Wildman–Crippen MR) is 88.9 cm³/mol. The van der Waals surface area contributed by atoms with E-state index >= 15 is 0 Å². The number of aromatic nitrogens is 5. The van der Waals surface area contributed by atoms with E-state index in [1.54, 1.807) is 6.33 Å². The van der Waals surface area contributed by atoms with Crippen molar-refractivity contribution in [2.75, 3.05) is 36.0 Å². The summed E-state index contributed by atoms with van der Waals surface area (Å²) in [5.74, 6) is 1.72. The third kappa shape index (κ3) is 2.58. The number of hydrogen-bond acceptors (Lipinski definition) is 6. The lowest BCUT2D eigenvalue weighted by molar-refractivity contribution is 0.638. The average molecular weight is 309 g/mol. The highest BCUT2D eigenvalue weighted by Gasteiger charge is 2.20. The highest BCUT2D eigenvalue weighted by atomic mass is 15.4. The molecule has 23 heavy (non-hydrogen) atoms. The van der Waals surface area contributed by atoms with Gasteiger partial charge in [0, 0.05) is 55.5 Å². The number of pyridine rings is 1. The van der Waals surface area contributed by atoms with Crippen LogP contribution >= 0.6 is 0 Å². The first-order valence-corrected chi connectivity index (χ1v) is 7.81. The molecular formula is C16H19N7. The molecule has 1 aliphatic rings. The molecule has 1 saturated heterocycles. The van der Waals surface area contributed by atoms with Crippen molar-refractivity contribution in [3.63, 3.8) is 0 Å². The van der Waals surface area contributed by atoms with Crippen LogP contribution in [0.3, 0.4) is 0 Å². The van der Waals surface area contributed by atoms with E-state index in [1.807, 2.05) is 24.6 Å². The summed E-state index contributed by atoms with van der Waals surface area (Å²) in [5, 5.41) is 4.30. The van der Waals surface area contributed by atoms with Gasteiger partial charge in [0.05, 0.1) is 0 Å². The molecule has 0 radical (unpaired) electrons. The molecule has 7 heteroatoms. The maximum atomic E-state index is 4.41. The van der Waals surface area contributed by atoms with Gasteiger partial charge in [-0.25, -0.2) is 4.98 Å². The molecule has 0 aromatic carbocycles. The molecule has 0 bridgehead atoms. The van der Waals surface area contributed by atoms with Crippen LogP contribution in [-0.2, 0) is 0 Å². The molecule has 0 N–H and O–H groups in total. The molecule has 3 aromatic rings. The molecule has 0 unspecified atom stereocenters. The molecule has 0 saturated carbocycles. The molecule has 1 aliphatic heterocycles. The quantitative estimate of drug-likeness (QED) is 0.714. The second-order valence-corrected chi connectivity index (χ2v) is 5.86. The number of anilines is 2.